The maximum atomic E-state index is 7.94. The zero-order chi connectivity index (χ0) is 2.00. The van der Waals surface area contributed by atoms with Gasteiger partial charge in [-0.2, -0.15) is 0 Å². The predicted octanol–water partition coefficient (Wildman–Crippen LogP) is -0.435. The first kappa shape index (κ1) is 24.8. The molecule has 0 aromatic heterocycles. The molecule has 0 unspecified atom stereocenters. The standard InChI is InChI=1S/Ca.Co.Cu.Mg.O.4H/q+2;;;+2;;4*-1. The zero-order valence-electron chi connectivity index (χ0n) is 6.46. The number of hydrogen-bond acceptors (Lipinski definition) is 1. The van der Waals surface area contributed by atoms with Gasteiger partial charge in [-0.3, -0.25) is 0 Å². The van der Waals surface area contributed by atoms with Gasteiger partial charge < -0.3 is 5.71 Å². The molecule has 0 fully saturated rings. The fourth-order valence-electron chi connectivity index (χ4n) is 0. The van der Waals surface area contributed by atoms with Crippen molar-refractivity contribution in [2.75, 3.05) is 0 Å². The van der Waals surface area contributed by atoms with Crippen LogP contribution in [-0.2, 0) is 36.6 Å². The Morgan fingerprint density at radius 3 is 1.40 bits per heavy atom. The van der Waals surface area contributed by atoms with Gasteiger partial charge in [0.25, 0.3) is 0 Å². The molecule has 0 bridgehead atoms. The Balaban J connectivity index is -0.000000000238. The minimum absolute atomic E-state index is 0. The first-order valence-electron chi connectivity index (χ1n) is 0.136. The molecule has 0 aromatic carbocycles. The van der Waals surface area contributed by atoms with Crippen molar-refractivity contribution in [3.63, 3.8) is 0 Å². The molecule has 0 atom stereocenters. The van der Waals surface area contributed by atoms with Crippen LogP contribution in [0, 0.1) is 0 Å². The summed E-state index contributed by atoms with van der Waals surface area (Å²) in [5.41, 5.74) is 0. The van der Waals surface area contributed by atoms with Crippen molar-refractivity contribution in [2.45, 2.75) is 0 Å². The molecular formula is H4CaCoCuMgO. The van der Waals surface area contributed by atoms with Crippen LogP contribution in [0.2, 0.25) is 0 Å². The molecule has 0 rings (SSSR count). The first-order chi connectivity index (χ1) is 1.00. The van der Waals surface area contributed by atoms with Crippen LogP contribution in [0.5, 0.6) is 0 Å². The van der Waals surface area contributed by atoms with E-state index in [1.165, 1.54) is 0 Å². The summed E-state index contributed by atoms with van der Waals surface area (Å²) in [4.78, 5) is 0. The Morgan fingerprint density at radius 2 is 1.40 bits per heavy atom. The predicted molar refractivity (Wildman–Crippen MR) is 16.6 cm³/mol. The third kappa shape index (κ3) is 19.8. The van der Waals surface area contributed by atoms with Gasteiger partial charge in [0, 0.05) is 17.1 Å². The average Bonchev–Trinajstić information content (AvgIpc) is 1.00. The van der Waals surface area contributed by atoms with Crippen molar-refractivity contribution in [2.24, 2.45) is 0 Å². The molecule has 0 saturated heterocycles. The Labute approximate surface area is 101 Å². The van der Waals surface area contributed by atoms with Gasteiger partial charge in [-0.25, -0.2) is 0 Å². The van der Waals surface area contributed by atoms with E-state index < -0.39 is 0 Å². The van der Waals surface area contributed by atoms with Gasteiger partial charge in [0.2, 0.25) is 0 Å². The second-order valence-corrected chi connectivity index (χ2v) is 0. The van der Waals surface area contributed by atoms with Crippen molar-refractivity contribution in [1.29, 1.82) is 0 Å². The summed E-state index contributed by atoms with van der Waals surface area (Å²) in [6.45, 7) is 0. The molecule has 1 radical (unpaired) electrons. The van der Waals surface area contributed by atoms with E-state index in [0.29, 0.717) is 0 Å². The third-order valence-corrected chi connectivity index (χ3v) is 0. The summed E-state index contributed by atoms with van der Waals surface area (Å²) in [7, 11) is 0. The van der Waals surface area contributed by atoms with Crippen molar-refractivity contribution in [3.05, 3.63) is 0 Å². The summed E-state index contributed by atoms with van der Waals surface area (Å²) in [5, 5.41) is 0. The molecule has 0 saturated carbocycles. The Bertz CT molecular complexity index is 20.5. The fourth-order valence-corrected chi connectivity index (χ4v) is 0. The van der Waals surface area contributed by atoms with Crippen LogP contribution >= 0.6 is 0 Å². The molecule has 5 heteroatoms. The fraction of sp³-hybridized carbons (Fsp3) is 0. The SMILES string of the molecule is [Ca+2].[Cu].[H-].[H-].[H-].[H-].[Mg+2].[O]=[Co]. The van der Waals surface area contributed by atoms with Gasteiger partial charge in [0.1, 0.15) is 0 Å². The Kier molecular flexibility index (Phi) is 143. The van der Waals surface area contributed by atoms with Gasteiger partial charge in [0.15, 0.2) is 0 Å². The second kappa shape index (κ2) is 28.8. The van der Waals surface area contributed by atoms with Crippen LogP contribution in [0.1, 0.15) is 5.71 Å². The van der Waals surface area contributed by atoms with Crippen LogP contribution in [0.15, 0.2) is 0 Å². The van der Waals surface area contributed by atoms with E-state index in [1.54, 1.807) is 0 Å². The minimum atomic E-state index is 0. The molecule has 0 aliphatic carbocycles. The van der Waals surface area contributed by atoms with E-state index in [4.69, 9.17) is 3.87 Å². The van der Waals surface area contributed by atoms with E-state index in [9.17, 15) is 0 Å². The summed E-state index contributed by atoms with van der Waals surface area (Å²) in [6, 6.07) is 0. The summed E-state index contributed by atoms with van der Waals surface area (Å²) < 4.78 is 7.94. The molecule has 0 aromatic rings. The van der Waals surface area contributed by atoms with E-state index >= 15 is 0 Å². The molecule has 5 heavy (non-hydrogen) atoms. The van der Waals surface area contributed by atoms with Crippen LogP contribution in [0.4, 0.5) is 0 Å². The molecule has 0 heterocycles. The van der Waals surface area contributed by atoms with Crippen molar-refractivity contribution in [1.82, 2.24) is 0 Å². The van der Waals surface area contributed by atoms with Crippen LogP contribution in [0.3, 0.4) is 0 Å². The summed E-state index contributed by atoms with van der Waals surface area (Å²) >= 11 is 2.31. The zero-order valence-corrected chi connectivity index (χ0v) is 8.06. The Hall–Kier alpha value is 2.85. The normalized spacial score (nSPS) is 1.00. The van der Waals surface area contributed by atoms with E-state index in [1.807, 2.05) is 0 Å². The molecule has 0 aliphatic rings. The quantitative estimate of drug-likeness (QED) is 0.492. The van der Waals surface area contributed by atoms with Crippen molar-refractivity contribution < 1.29 is 42.3 Å². The number of hydrogen-bond donors (Lipinski definition) is 0. The van der Waals surface area contributed by atoms with E-state index in [0.717, 1.165) is 0 Å². The monoisotopic (exact) mass is 206 g/mol. The maximum absolute atomic E-state index is 7.94. The molecule has 1 nitrogen and oxygen atoms in total. The molecule has 0 N–H and O–H groups in total. The third-order valence-electron chi connectivity index (χ3n) is 0. The molecular weight excluding hydrogens is 203 g/mol. The van der Waals surface area contributed by atoms with E-state index in [2.05, 4.69) is 15.7 Å². The molecule has 0 amide bonds. The topological polar surface area (TPSA) is 17.1 Å². The molecule has 0 spiro atoms. The first-order valence-corrected chi connectivity index (χ1v) is 0.561. The summed E-state index contributed by atoms with van der Waals surface area (Å²) in [6.07, 6.45) is 0. The van der Waals surface area contributed by atoms with Crippen LogP contribution in [-0.4, -0.2) is 60.8 Å². The van der Waals surface area contributed by atoms with Crippen LogP contribution in [0.25, 0.3) is 0 Å². The van der Waals surface area contributed by atoms with E-state index in [-0.39, 0.29) is 83.6 Å². The second-order valence-electron chi connectivity index (χ2n) is 0. The molecule has 34 valence electrons. The Morgan fingerprint density at radius 1 is 1.40 bits per heavy atom. The van der Waals surface area contributed by atoms with Crippen LogP contribution < -0.4 is 0 Å². The van der Waals surface area contributed by atoms with Gasteiger partial charge in [-0.15, -0.1) is 0 Å². The average molecular weight is 207 g/mol. The van der Waals surface area contributed by atoms with Gasteiger partial charge >= 0.3 is 80.3 Å². The van der Waals surface area contributed by atoms with Gasteiger partial charge in [-0.05, 0) is 0 Å². The molecule has 0 aliphatic heterocycles. The summed E-state index contributed by atoms with van der Waals surface area (Å²) in [5.74, 6) is 0. The van der Waals surface area contributed by atoms with Crippen molar-refractivity contribution >= 4 is 60.8 Å². The van der Waals surface area contributed by atoms with Crippen molar-refractivity contribution in [3.8, 4) is 0 Å². The van der Waals surface area contributed by atoms with Gasteiger partial charge in [0.05, 0.1) is 0 Å². The van der Waals surface area contributed by atoms with Gasteiger partial charge in [-0.1, -0.05) is 0 Å². The number of rotatable bonds is 0.